The number of carbonyl (C=O) groups is 2. The number of rotatable bonds is 5. The fraction of sp³-hybridized carbons (Fsp3) is 0.467. The molecule has 6 nitrogen and oxygen atoms in total. The van der Waals surface area contributed by atoms with Gasteiger partial charge in [-0.1, -0.05) is 30.3 Å². The molecule has 1 aliphatic heterocycles. The number of hydrogen-bond donors (Lipinski definition) is 3. The van der Waals surface area contributed by atoms with Crippen molar-refractivity contribution < 1.29 is 19.8 Å². The Morgan fingerprint density at radius 1 is 1.33 bits per heavy atom. The van der Waals surface area contributed by atoms with Gasteiger partial charge in [0, 0.05) is 13.1 Å². The molecule has 2 amide bonds. The third-order valence-corrected chi connectivity index (χ3v) is 3.81. The van der Waals surface area contributed by atoms with Gasteiger partial charge in [-0.15, -0.1) is 0 Å². The summed E-state index contributed by atoms with van der Waals surface area (Å²) in [5, 5.41) is 21.2. The van der Waals surface area contributed by atoms with Crippen LogP contribution in [-0.2, 0) is 4.79 Å². The average Bonchev–Trinajstić information content (AvgIpc) is 2.96. The zero-order valence-electron chi connectivity index (χ0n) is 11.7. The average molecular weight is 292 g/mol. The van der Waals surface area contributed by atoms with Crippen LogP contribution in [0.25, 0.3) is 0 Å². The predicted molar refractivity (Wildman–Crippen MR) is 77.0 cm³/mol. The minimum absolute atomic E-state index is 0.0346. The van der Waals surface area contributed by atoms with Gasteiger partial charge in [0.1, 0.15) is 0 Å². The molecule has 114 valence electrons. The fourth-order valence-electron chi connectivity index (χ4n) is 2.62. The number of urea groups is 1. The van der Waals surface area contributed by atoms with Gasteiger partial charge in [0.15, 0.2) is 0 Å². The van der Waals surface area contributed by atoms with Crippen LogP contribution in [0.15, 0.2) is 30.3 Å². The Morgan fingerprint density at radius 3 is 2.67 bits per heavy atom. The van der Waals surface area contributed by atoms with Gasteiger partial charge in [0.2, 0.25) is 0 Å². The second-order valence-corrected chi connectivity index (χ2v) is 5.16. The number of carbonyl (C=O) groups excluding carboxylic acids is 1. The molecule has 21 heavy (non-hydrogen) atoms. The topological polar surface area (TPSA) is 89.9 Å². The largest absolute Gasteiger partial charge is 0.481 e. The van der Waals surface area contributed by atoms with Crippen molar-refractivity contribution in [1.29, 1.82) is 0 Å². The summed E-state index contributed by atoms with van der Waals surface area (Å²) < 4.78 is 0. The first-order valence-corrected chi connectivity index (χ1v) is 7.06. The Bertz CT molecular complexity index is 492. The van der Waals surface area contributed by atoms with Gasteiger partial charge < -0.3 is 20.4 Å². The number of aliphatic carboxylic acids is 1. The van der Waals surface area contributed by atoms with E-state index >= 15 is 0 Å². The van der Waals surface area contributed by atoms with E-state index < -0.39 is 11.9 Å². The molecule has 1 heterocycles. The highest BCUT2D eigenvalue weighted by atomic mass is 16.4. The number of aliphatic hydroxyl groups excluding tert-OH is 1. The van der Waals surface area contributed by atoms with Crippen molar-refractivity contribution in [2.24, 2.45) is 0 Å². The number of aliphatic hydroxyl groups is 1. The van der Waals surface area contributed by atoms with Crippen LogP contribution in [0, 0.1) is 0 Å². The molecule has 1 aromatic rings. The van der Waals surface area contributed by atoms with Crippen LogP contribution in [0.3, 0.4) is 0 Å². The number of amides is 2. The Kier molecular flexibility index (Phi) is 5.16. The van der Waals surface area contributed by atoms with Crippen LogP contribution in [0.2, 0.25) is 0 Å². The molecule has 0 radical (unpaired) electrons. The Labute approximate surface area is 123 Å². The maximum Gasteiger partial charge on any atom is 0.317 e. The molecule has 0 aromatic heterocycles. The first-order valence-electron chi connectivity index (χ1n) is 7.06. The molecule has 1 saturated heterocycles. The molecule has 0 bridgehead atoms. The number of benzene rings is 1. The Balaban J connectivity index is 1.96. The summed E-state index contributed by atoms with van der Waals surface area (Å²) in [6.07, 6.45) is 1.64. The Morgan fingerprint density at radius 2 is 2.05 bits per heavy atom. The maximum absolute atomic E-state index is 12.1. The van der Waals surface area contributed by atoms with Gasteiger partial charge in [0.25, 0.3) is 0 Å². The molecule has 1 fully saturated rings. The van der Waals surface area contributed by atoms with Gasteiger partial charge >= 0.3 is 12.0 Å². The number of nitrogens with one attached hydrogen (secondary N) is 1. The number of carboxylic acid groups (broad SMARTS) is 1. The van der Waals surface area contributed by atoms with E-state index in [4.69, 9.17) is 0 Å². The van der Waals surface area contributed by atoms with Crippen LogP contribution in [0.4, 0.5) is 4.79 Å². The van der Waals surface area contributed by atoms with Crippen molar-refractivity contribution in [2.45, 2.75) is 24.8 Å². The highest BCUT2D eigenvalue weighted by Crippen LogP contribution is 2.18. The highest BCUT2D eigenvalue weighted by Gasteiger charge is 2.29. The lowest BCUT2D eigenvalue weighted by atomic mass is 9.99. The molecule has 3 N–H and O–H groups in total. The summed E-state index contributed by atoms with van der Waals surface area (Å²) in [6, 6.07) is 8.36. The van der Waals surface area contributed by atoms with E-state index in [2.05, 4.69) is 5.32 Å². The molecule has 0 spiro atoms. The first-order chi connectivity index (χ1) is 10.1. The van der Waals surface area contributed by atoms with Gasteiger partial charge in [-0.2, -0.15) is 0 Å². The summed E-state index contributed by atoms with van der Waals surface area (Å²) in [5.41, 5.74) is 0.658. The van der Waals surface area contributed by atoms with E-state index in [1.165, 1.54) is 0 Å². The van der Waals surface area contributed by atoms with E-state index in [0.717, 1.165) is 12.8 Å². The molecule has 2 rings (SSSR count). The minimum Gasteiger partial charge on any atom is -0.481 e. The second-order valence-electron chi connectivity index (χ2n) is 5.16. The molecule has 0 saturated carbocycles. The van der Waals surface area contributed by atoms with Crippen molar-refractivity contribution >= 4 is 12.0 Å². The smallest absolute Gasteiger partial charge is 0.317 e. The van der Waals surface area contributed by atoms with E-state index in [-0.39, 0.29) is 25.2 Å². The van der Waals surface area contributed by atoms with Gasteiger partial charge in [-0.05, 0) is 18.4 Å². The van der Waals surface area contributed by atoms with E-state index in [0.29, 0.717) is 12.1 Å². The van der Waals surface area contributed by atoms with E-state index in [1.807, 2.05) is 6.07 Å². The van der Waals surface area contributed by atoms with Crippen molar-refractivity contribution in [3.63, 3.8) is 0 Å². The van der Waals surface area contributed by atoms with Crippen molar-refractivity contribution in [2.75, 3.05) is 19.7 Å². The minimum atomic E-state index is -0.971. The maximum atomic E-state index is 12.1. The molecule has 1 aromatic carbocycles. The quantitative estimate of drug-likeness (QED) is 0.756. The van der Waals surface area contributed by atoms with Gasteiger partial charge in [0.05, 0.1) is 18.6 Å². The molecular formula is C15H20N2O4. The Hall–Kier alpha value is -2.08. The van der Waals surface area contributed by atoms with Crippen molar-refractivity contribution in [1.82, 2.24) is 10.2 Å². The normalized spacial score (nSPS) is 19.3. The van der Waals surface area contributed by atoms with Crippen molar-refractivity contribution in [3.8, 4) is 0 Å². The van der Waals surface area contributed by atoms with E-state index in [1.54, 1.807) is 29.2 Å². The van der Waals surface area contributed by atoms with Gasteiger partial charge in [-0.3, -0.25) is 4.79 Å². The third kappa shape index (κ3) is 3.72. The summed E-state index contributed by atoms with van der Waals surface area (Å²) in [6.45, 7) is 0.571. The monoisotopic (exact) mass is 292 g/mol. The fourth-order valence-corrected chi connectivity index (χ4v) is 2.62. The summed E-state index contributed by atoms with van der Waals surface area (Å²) >= 11 is 0. The third-order valence-electron chi connectivity index (χ3n) is 3.81. The molecule has 1 aliphatic rings. The lowest BCUT2D eigenvalue weighted by molar-refractivity contribution is -0.138. The predicted octanol–water partition coefficient (Wildman–Crippen LogP) is 1.02. The summed E-state index contributed by atoms with van der Waals surface area (Å²) in [4.78, 5) is 25.0. The van der Waals surface area contributed by atoms with Crippen LogP contribution in [0.1, 0.15) is 24.3 Å². The van der Waals surface area contributed by atoms with E-state index in [9.17, 15) is 19.8 Å². The molecule has 6 heteroatoms. The highest BCUT2D eigenvalue weighted by molar-refractivity contribution is 5.79. The number of nitrogens with zero attached hydrogens (tertiary/aromatic N) is 1. The molecule has 0 aliphatic carbocycles. The lowest BCUT2D eigenvalue weighted by Crippen LogP contribution is -2.45. The zero-order chi connectivity index (χ0) is 15.2. The number of likely N-dealkylation sites (tertiary alicyclic amines) is 1. The number of carboxylic acids is 1. The van der Waals surface area contributed by atoms with Crippen LogP contribution >= 0.6 is 0 Å². The number of hydrogen-bond acceptors (Lipinski definition) is 3. The summed E-state index contributed by atoms with van der Waals surface area (Å²) in [5.74, 6) is -1.74. The SMILES string of the molecule is O=C(O)C(CNC(=O)N1CCCC1CO)c1ccccc1. The summed E-state index contributed by atoms with van der Waals surface area (Å²) in [7, 11) is 0. The van der Waals surface area contributed by atoms with Crippen molar-refractivity contribution in [3.05, 3.63) is 35.9 Å². The standard InChI is InChI=1S/C15H20N2O4/c18-10-12-7-4-8-17(12)15(21)16-9-13(14(19)20)11-5-2-1-3-6-11/h1-3,5-6,12-13,18H,4,7-10H2,(H,16,21)(H,19,20). The zero-order valence-corrected chi connectivity index (χ0v) is 11.7. The van der Waals surface area contributed by atoms with Crippen LogP contribution in [-0.4, -0.2) is 52.9 Å². The first kappa shape index (κ1) is 15.3. The molecule has 2 unspecified atom stereocenters. The van der Waals surface area contributed by atoms with Crippen LogP contribution < -0.4 is 5.32 Å². The second kappa shape index (κ2) is 7.08. The molecular weight excluding hydrogens is 272 g/mol. The lowest BCUT2D eigenvalue weighted by Gasteiger charge is -2.24. The van der Waals surface area contributed by atoms with Gasteiger partial charge in [-0.25, -0.2) is 4.79 Å². The molecule has 2 atom stereocenters. The van der Waals surface area contributed by atoms with Crippen LogP contribution in [0.5, 0.6) is 0 Å².